The molecule has 0 aliphatic rings. The Balaban J connectivity index is 3.34. The van der Waals surface area contributed by atoms with Crippen molar-refractivity contribution in [2.45, 2.75) is 46.6 Å². The zero-order valence-corrected chi connectivity index (χ0v) is 16.1. The molecule has 0 radical (unpaired) electrons. The first-order valence-electron chi connectivity index (χ1n) is 8.62. The van der Waals surface area contributed by atoms with Crippen LogP contribution < -0.4 is 0 Å². The van der Waals surface area contributed by atoms with Crippen LogP contribution in [0.4, 0.5) is 5.69 Å². The third kappa shape index (κ3) is 6.31. The number of ether oxygens (including phenoxy) is 1. The van der Waals surface area contributed by atoms with E-state index in [1.165, 1.54) is 12.1 Å². The number of rotatable bonds is 7. The number of allylic oxidation sites excluding steroid dienone is 5. The van der Waals surface area contributed by atoms with Gasteiger partial charge in [-0.3, -0.25) is 10.1 Å². The Labute approximate surface area is 155 Å². The third-order valence-electron chi connectivity index (χ3n) is 3.69. The lowest BCUT2D eigenvalue weighted by molar-refractivity contribution is -0.385. The second-order valence-electron chi connectivity index (χ2n) is 7.09. The van der Waals surface area contributed by atoms with Crippen LogP contribution in [0.1, 0.15) is 57.0 Å². The molecule has 0 aromatic heterocycles. The molecular weight excluding hydrogens is 330 g/mol. The molecule has 1 aromatic carbocycles. The molecule has 1 unspecified atom stereocenters. The first-order valence-corrected chi connectivity index (χ1v) is 8.62. The van der Waals surface area contributed by atoms with Crippen molar-refractivity contribution in [1.82, 2.24) is 0 Å². The van der Waals surface area contributed by atoms with Crippen molar-refractivity contribution in [3.63, 3.8) is 0 Å². The molecule has 1 atom stereocenters. The number of nitro benzene ring substituents is 1. The van der Waals surface area contributed by atoms with Crippen molar-refractivity contribution in [3.8, 4) is 0 Å². The summed E-state index contributed by atoms with van der Waals surface area (Å²) in [5.74, 6) is -0.320. The summed E-state index contributed by atoms with van der Waals surface area (Å²) in [4.78, 5) is 23.2. The normalized spacial score (nSPS) is 13.5. The van der Waals surface area contributed by atoms with E-state index in [2.05, 4.69) is 20.4 Å². The first-order chi connectivity index (χ1) is 12.1. The highest BCUT2D eigenvalue weighted by Gasteiger charge is 2.26. The summed E-state index contributed by atoms with van der Waals surface area (Å²) in [5.41, 5.74) is 0.375. The maximum atomic E-state index is 12.3. The summed E-state index contributed by atoms with van der Waals surface area (Å²) < 4.78 is 5.27. The van der Waals surface area contributed by atoms with Crippen molar-refractivity contribution in [3.05, 3.63) is 70.3 Å². The Morgan fingerprint density at radius 2 is 2.04 bits per heavy atom. The molecule has 5 nitrogen and oxygen atoms in total. The van der Waals surface area contributed by atoms with Gasteiger partial charge in [-0.05, 0) is 43.9 Å². The van der Waals surface area contributed by atoms with E-state index >= 15 is 0 Å². The minimum absolute atomic E-state index is 0.0578. The van der Waals surface area contributed by atoms with Gasteiger partial charge in [0.2, 0.25) is 0 Å². The highest BCUT2D eigenvalue weighted by molar-refractivity contribution is 5.95. The smallest absolute Gasteiger partial charge is 0.345 e. The average Bonchev–Trinajstić information content (AvgIpc) is 2.56. The molecule has 0 saturated heterocycles. The number of esters is 1. The molecule has 5 heteroatoms. The van der Waals surface area contributed by atoms with Crippen LogP contribution in [-0.2, 0) is 4.74 Å². The van der Waals surface area contributed by atoms with Crippen molar-refractivity contribution in [2.75, 3.05) is 0 Å². The zero-order chi connectivity index (χ0) is 19.9. The quantitative estimate of drug-likeness (QED) is 0.271. The maximum Gasteiger partial charge on any atom is 0.345 e. The molecule has 1 aromatic rings. The van der Waals surface area contributed by atoms with E-state index in [9.17, 15) is 14.9 Å². The fourth-order valence-corrected chi connectivity index (χ4v) is 2.15. The van der Waals surface area contributed by atoms with Crippen molar-refractivity contribution in [1.29, 1.82) is 0 Å². The van der Waals surface area contributed by atoms with Gasteiger partial charge in [-0.25, -0.2) is 4.79 Å². The Kier molecular flexibility index (Phi) is 7.50. The van der Waals surface area contributed by atoms with Crippen LogP contribution in [-0.4, -0.2) is 16.5 Å². The number of carbonyl (C=O) groups is 1. The number of hydrogen-bond acceptors (Lipinski definition) is 4. The molecule has 0 spiro atoms. The van der Waals surface area contributed by atoms with Crippen LogP contribution in [0.3, 0.4) is 0 Å². The van der Waals surface area contributed by atoms with E-state index in [0.717, 1.165) is 12.0 Å². The lowest BCUT2D eigenvalue weighted by Crippen LogP contribution is -2.24. The lowest BCUT2D eigenvalue weighted by atomic mass is 9.99. The van der Waals surface area contributed by atoms with Crippen LogP contribution in [0.5, 0.6) is 0 Å². The standard InChI is InChI=1S/C21H27NO4/c1-7-9-16(11-10-15(3)8-2)17-12-13-18(19(14-17)22(24)25)20(23)26-21(4,5)6/h7,9-15H,1,8H2,2-6H3/b11-10-,16-9+. The summed E-state index contributed by atoms with van der Waals surface area (Å²) >= 11 is 0. The second-order valence-corrected chi connectivity index (χ2v) is 7.09. The molecule has 0 heterocycles. The molecular formula is C21H27NO4. The van der Waals surface area contributed by atoms with Gasteiger partial charge in [0.25, 0.3) is 5.69 Å². The van der Waals surface area contributed by atoms with Crippen LogP contribution in [0, 0.1) is 16.0 Å². The Morgan fingerprint density at radius 3 is 2.54 bits per heavy atom. The molecule has 0 amide bonds. The lowest BCUT2D eigenvalue weighted by Gasteiger charge is -2.19. The van der Waals surface area contributed by atoms with Crippen LogP contribution >= 0.6 is 0 Å². The van der Waals surface area contributed by atoms with E-state index in [4.69, 9.17) is 4.74 Å². The molecule has 0 aliphatic heterocycles. The van der Waals surface area contributed by atoms with Gasteiger partial charge in [-0.15, -0.1) is 0 Å². The van der Waals surface area contributed by atoms with Gasteiger partial charge in [-0.2, -0.15) is 0 Å². The predicted octanol–water partition coefficient (Wildman–Crippen LogP) is 5.72. The minimum atomic E-state index is -0.726. The van der Waals surface area contributed by atoms with Gasteiger partial charge in [0.05, 0.1) is 4.92 Å². The van der Waals surface area contributed by atoms with E-state index in [-0.39, 0.29) is 11.3 Å². The molecule has 0 saturated carbocycles. The van der Waals surface area contributed by atoms with Gasteiger partial charge in [0.15, 0.2) is 0 Å². The molecule has 0 N–H and O–H groups in total. The van der Waals surface area contributed by atoms with E-state index < -0.39 is 16.5 Å². The zero-order valence-electron chi connectivity index (χ0n) is 16.1. The van der Waals surface area contributed by atoms with Gasteiger partial charge in [0.1, 0.15) is 11.2 Å². The van der Waals surface area contributed by atoms with Crippen LogP contribution in [0.15, 0.2) is 49.1 Å². The van der Waals surface area contributed by atoms with Crippen molar-refractivity contribution >= 4 is 17.2 Å². The molecule has 0 fully saturated rings. The monoisotopic (exact) mass is 357 g/mol. The van der Waals surface area contributed by atoms with Crippen LogP contribution in [0.2, 0.25) is 0 Å². The third-order valence-corrected chi connectivity index (χ3v) is 3.69. The fourth-order valence-electron chi connectivity index (χ4n) is 2.15. The molecule has 140 valence electrons. The van der Waals surface area contributed by atoms with E-state index in [1.54, 1.807) is 39.0 Å². The van der Waals surface area contributed by atoms with Gasteiger partial charge in [0, 0.05) is 6.07 Å². The summed E-state index contributed by atoms with van der Waals surface area (Å²) in [6.07, 6.45) is 8.37. The minimum Gasteiger partial charge on any atom is -0.456 e. The number of nitro groups is 1. The highest BCUT2D eigenvalue weighted by atomic mass is 16.6. The topological polar surface area (TPSA) is 69.4 Å². The first kappa shape index (κ1) is 21.4. The van der Waals surface area contributed by atoms with Gasteiger partial charge < -0.3 is 4.74 Å². The summed E-state index contributed by atoms with van der Waals surface area (Å²) in [5, 5.41) is 11.5. The maximum absolute atomic E-state index is 12.3. The second kappa shape index (κ2) is 9.13. The van der Waals surface area contributed by atoms with Crippen LogP contribution in [0.25, 0.3) is 5.57 Å². The number of hydrogen-bond donors (Lipinski definition) is 0. The Hall–Kier alpha value is -2.69. The highest BCUT2D eigenvalue weighted by Crippen LogP contribution is 2.27. The fraction of sp³-hybridized carbons (Fsp3) is 0.381. The molecule has 26 heavy (non-hydrogen) atoms. The largest absolute Gasteiger partial charge is 0.456 e. The predicted molar refractivity (Wildman–Crippen MR) is 105 cm³/mol. The van der Waals surface area contributed by atoms with Crippen molar-refractivity contribution < 1.29 is 14.5 Å². The molecule has 1 rings (SSSR count). The number of benzene rings is 1. The SMILES string of the molecule is C=C/C=C(\C=C/C(C)CC)c1ccc(C(=O)OC(C)(C)C)c([N+](=O)[O-])c1. The van der Waals surface area contributed by atoms with Gasteiger partial charge >= 0.3 is 5.97 Å². The Morgan fingerprint density at radius 1 is 1.38 bits per heavy atom. The molecule has 0 bridgehead atoms. The van der Waals surface area contributed by atoms with E-state index in [0.29, 0.717) is 11.5 Å². The Bertz CT molecular complexity index is 739. The number of carbonyl (C=O) groups excluding carboxylic acids is 1. The van der Waals surface area contributed by atoms with Gasteiger partial charge in [-0.1, -0.05) is 57.2 Å². The summed E-state index contributed by atoms with van der Waals surface area (Å²) in [6, 6.07) is 4.52. The van der Waals surface area contributed by atoms with Crippen molar-refractivity contribution in [2.24, 2.45) is 5.92 Å². The number of nitrogens with zero attached hydrogens (tertiary/aromatic N) is 1. The summed E-state index contributed by atoms with van der Waals surface area (Å²) in [7, 11) is 0. The average molecular weight is 357 g/mol. The summed E-state index contributed by atoms with van der Waals surface area (Å²) in [6.45, 7) is 13.0. The van der Waals surface area contributed by atoms with E-state index in [1.807, 2.05) is 12.2 Å². The molecule has 0 aliphatic carbocycles.